The summed E-state index contributed by atoms with van der Waals surface area (Å²) in [5.41, 5.74) is 1.30. The van der Waals surface area contributed by atoms with Crippen molar-refractivity contribution in [3.63, 3.8) is 0 Å². The number of halogens is 3. The summed E-state index contributed by atoms with van der Waals surface area (Å²) in [6.45, 7) is 1.82. The van der Waals surface area contributed by atoms with E-state index in [2.05, 4.69) is 25.3 Å². The van der Waals surface area contributed by atoms with Crippen LogP contribution in [0.2, 0.25) is 0 Å². The highest BCUT2D eigenvalue weighted by Gasteiger charge is 2.32. The zero-order valence-corrected chi connectivity index (χ0v) is 20.4. The van der Waals surface area contributed by atoms with Crippen molar-refractivity contribution in [1.29, 1.82) is 0 Å². The summed E-state index contributed by atoms with van der Waals surface area (Å²) in [5.74, 6) is 0.698. The Morgan fingerprint density at radius 3 is 2.37 bits per heavy atom. The van der Waals surface area contributed by atoms with Crippen LogP contribution in [0.25, 0.3) is 0 Å². The molecule has 1 aliphatic heterocycles. The average Bonchev–Trinajstić information content (AvgIpc) is 3.63. The van der Waals surface area contributed by atoms with E-state index in [0.717, 1.165) is 43.5 Å². The van der Waals surface area contributed by atoms with Crippen molar-refractivity contribution < 1.29 is 27.5 Å². The van der Waals surface area contributed by atoms with Gasteiger partial charge in [-0.05, 0) is 68.0 Å². The van der Waals surface area contributed by atoms with Gasteiger partial charge in [0.2, 0.25) is 5.82 Å². The number of amides is 3. The van der Waals surface area contributed by atoms with E-state index in [4.69, 9.17) is 0 Å². The van der Waals surface area contributed by atoms with Crippen molar-refractivity contribution in [1.82, 2.24) is 19.4 Å². The molecule has 0 unspecified atom stereocenters. The first-order valence-corrected chi connectivity index (χ1v) is 12.4. The third kappa shape index (κ3) is 6.61. The summed E-state index contributed by atoms with van der Waals surface area (Å²) in [7, 11) is 0. The van der Waals surface area contributed by atoms with Gasteiger partial charge in [0, 0.05) is 49.3 Å². The first-order valence-electron chi connectivity index (χ1n) is 12.4. The van der Waals surface area contributed by atoms with Gasteiger partial charge in [0.05, 0.1) is 0 Å². The van der Waals surface area contributed by atoms with Gasteiger partial charge in [-0.15, -0.1) is 13.2 Å². The number of hydrogen-bond donors (Lipinski definition) is 2. The number of nitrogens with zero attached hydrogens (tertiary/aromatic N) is 4. The summed E-state index contributed by atoms with van der Waals surface area (Å²) < 4.78 is 42.6. The van der Waals surface area contributed by atoms with E-state index in [9.17, 15) is 22.8 Å². The Morgan fingerprint density at radius 2 is 1.74 bits per heavy atom. The molecule has 2 aromatic heterocycles. The van der Waals surface area contributed by atoms with E-state index in [1.54, 1.807) is 21.9 Å². The number of rotatable bonds is 7. The van der Waals surface area contributed by atoms with Crippen molar-refractivity contribution >= 4 is 23.4 Å². The number of aromatic nitrogens is 3. The second kappa shape index (κ2) is 10.7. The highest BCUT2D eigenvalue weighted by atomic mass is 19.4. The Hall–Kier alpha value is -4.09. The lowest BCUT2D eigenvalue weighted by Gasteiger charge is -2.31. The molecule has 2 aliphatic rings. The van der Waals surface area contributed by atoms with E-state index in [0.29, 0.717) is 31.5 Å². The number of hydrogen-bond acceptors (Lipinski definition) is 5. The van der Waals surface area contributed by atoms with Gasteiger partial charge >= 0.3 is 12.4 Å². The number of piperidine rings is 1. The number of imidazole rings is 1. The molecule has 1 saturated heterocycles. The molecule has 5 rings (SSSR count). The predicted octanol–water partition coefficient (Wildman–Crippen LogP) is 5.25. The second-order valence-corrected chi connectivity index (χ2v) is 9.52. The topological polar surface area (TPSA) is 101 Å². The van der Waals surface area contributed by atoms with Gasteiger partial charge in [0.1, 0.15) is 5.75 Å². The van der Waals surface area contributed by atoms with Crippen LogP contribution in [0.4, 0.5) is 29.5 Å². The Balaban J connectivity index is 1.22. The van der Waals surface area contributed by atoms with Crippen LogP contribution in [0.3, 0.4) is 0 Å². The SMILES string of the molecule is O=C(Nc1ccc(OC(F)(F)F)cc1)Nc1cn(CC2CC2)c(C(=O)N2CCC(c3ccccn3)CC2)n1. The molecule has 38 heavy (non-hydrogen) atoms. The highest BCUT2D eigenvalue weighted by Crippen LogP contribution is 2.32. The third-order valence-corrected chi connectivity index (χ3v) is 6.60. The third-order valence-electron chi connectivity index (χ3n) is 6.60. The van der Waals surface area contributed by atoms with Crippen LogP contribution < -0.4 is 15.4 Å². The molecule has 0 radical (unpaired) electrons. The Kier molecular flexibility index (Phi) is 7.21. The molecule has 3 amide bonds. The first kappa shape index (κ1) is 25.6. The van der Waals surface area contributed by atoms with Crippen molar-refractivity contribution in [2.24, 2.45) is 5.92 Å². The number of likely N-dealkylation sites (tertiary alicyclic amines) is 1. The molecule has 2 N–H and O–H groups in total. The smallest absolute Gasteiger partial charge is 0.406 e. The number of benzene rings is 1. The average molecular weight is 529 g/mol. The number of alkyl halides is 3. The van der Waals surface area contributed by atoms with E-state index < -0.39 is 18.1 Å². The standard InChI is InChI=1S/C26H27F3N6O3/c27-26(28,29)38-20-8-6-19(7-9-20)31-25(37)33-22-16-35(15-17-4-5-17)23(32-22)24(36)34-13-10-18(11-14-34)21-3-1-2-12-30-21/h1-3,6-9,12,16-18H,4-5,10-11,13-15H2,(H2,31,33,37). The lowest BCUT2D eigenvalue weighted by molar-refractivity contribution is -0.274. The van der Waals surface area contributed by atoms with Gasteiger partial charge in [0.15, 0.2) is 5.82 Å². The van der Waals surface area contributed by atoms with Crippen molar-refractivity contribution in [3.05, 3.63) is 66.4 Å². The number of anilines is 2. The number of carbonyl (C=O) groups is 2. The van der Waals surface area contributed by atoms with Crippen LogP contribution in [-0.2, 0) is 6.54 Å². The molecular weight excluding hydrogens is 501 g/mol. The summed E-state index contributed by atoms with van der Waals surface area (Å²) in [4.78, 5) is 36.6. The van der Waals surface area contributed by atoms with Crippen LogP contribution in [0, 0.1) is 5.92 Å². The zero-order valence-electron chi connectivity index (χ0n) is 20.4. The molecule has 1 aliphatic carbocycles. The molecule has 0 bridgehead atoms. The van der Waals surface area contributed by atoms with Crippen LogP contribution in [-0.4, -0.2) is 50.8 Å². The number of ether oxygens (including phenoxy) is 1. The number of carbonyl (C=O) groups excluding carboxylic acids is 2. The lowest BCUT2D eigenvalue weighted by atomic mass is 9.93. The van der Waals surface area contributed by atoms with Gasteiger partial charge in [-0.2, -0.15) is 0 Å². The monoisotopic (exact) mass is 528 g/mol. The molecule has 3 aromatic rings. The van der Waals surface area contributed by atoms with E-state index in [1.165, 1.54) is 12.1 Å². The molecule has 0 atom stereocenters. The van der Waals surface area contributed by atoms with Crippen molar-refractivity contribution in [3.8, 4) is 5.75 Å². The van der Waals surface area contributed by atoms with Gasteiger partial charge in [-0.1, -0.05) is 6.07 Å². The van der Waals surface area contributed by atoms with Gasteiger partial charge < -0.3 is 19.5 Å². The van der Waals surface area contributed by atoms with Crippen LogP contribution >= 0.6 is 0 Å². The zero-order chi connectivity index (χ0) is 26.7. The fraction of sp³-hybridized carbons (Fsp3) is 0.385. The second-order valence-electron chi connectivity index (χ2n) is 9.52. The van der Waals surface area contributed by atoms with Crippen molar-refractivity contribution in [2.45, 2.75) is 44.5 Å². The minimum absolute atomic E-state index is 0.182. The maximum Gasteiger partial charge on any atom is 0.573 e. The quantitative estimate of drug-likeness (QED) is 0.436. The van der Waals surface area contributed by atoms with Gasteiger partial charge in [-0.3, -0.25) is 15.1 Å². The van der Waals surface area contributed by atoms with Crippen LogP contribution in [0.15, 0.2) is 54.9 Å². The lowest BCUT2D eigenvalue weighted by Crippen LogP contribution is -2.39. The minimum atomic E-state index is -4.80. The van der Waals surface area contributed by atoms with E-state index in [1.807, 2.05) is 18.2 Å². The fourth-order valence-electron chi connectivity index (χ4n) is 4.52. The van der Waals surface area contributed by atoms with Gasteiger partial charge in [0.25, 0.3) is 5.91 Å². The minimum Gasteiger partial charge on any atom is -0.406 e. The largest absolute Gasteiger partial charge is 0.573 e. The molecule has 3 heterocycles. The van der Waals surface area contributed by atoms with Gasteiger partial charge in [-0.25, -0.2) is 9.78 Å². The number of pyridine rings is 1. The molecular formula is C26H27F3N6O3. The molecule has 12 heteroatoms. The Bertz CT molecular complexity index is 1270. The number of nitrogens with one attached hydrogen (secondary N) is 2. The normalized spacial score (nSPS) is 16.2. The van der Waals surface area contributed by atoms with Crippen LogP contribution in [0.1, 0.15) is 47.9 Å². The molecule has 1 aromatic carbocycles. The first-order chi connectivity index (χ1) is 18.2. The van der Waals surface area contributed by atoms with Crippen LogP contribution in [0.5, 0.6) is 5.75 Å². The Labute approximate surface area is 217 Å². The Morgan fingerprint density at radius 1 is 1.00 bits per heavy atom. The fourth-order valence-corrected chi connectivity index (χ4v) is 4.52. The summed E-state index contributed by atoms with van der Waals surface area (Å²) >= 11 is 0. The van der Waals surface area contributed by atoms with E-state index >= 15 is 0 Å². The molecule has 1 saturated carbocycles. The van der Waals surface area contributed by atoms with Crippen molar-refractivity contribution in [2.75, 3.05) is 23.7 Å². The highest BCUT2D eigenvalue weighted by molar-refractivity contribution is 6.00. The summed E-state index contributed by atoms with van der Waals surface area (Å²) in [6.07, 6.45) is 2.42. The molecule has 9 nitrogen and oxygen atoms in total. The summed E-state index contributed by atoms with van der Waals surface area (Å²) in [6, 6.07) is 10.0. The maximum absolute atomic E-state index is 13.4. The molecule has 2 fully saturated rings. The number of urea groups is 1. The van der Waals surface area contributed by atoms with E-state index in [-0.39, 0.29) is 23.2 Å². The molecule has 200 valence electrons. The maximum atomic E-state index is 13.4. The molecule has 0 spiro atoms. The predicted molar refractivity (Wildman–Crippen MR) is 133 cm³/mol. The summed E-state index contributed by atoms with van der Waals surface area (Å²) in [5, 5.41) is 5.15.